The number of aromatic hydroxyl groups is 1. The van der Waals surface area contributed by atoms with Crippen molar-refractivity contribution in [3.05, 3.63) is 72.1 Å². The first kappa shape index (κ1) is 22.2. The number of para-hydroxylation sites is 2. The van der Waals surface area contributed by atoms with Crippen molar-refractivity contribution in [3.63, 3.8) is 0 Å². The lowest BCUT2D eigenvalue weighted by molar-refractivity contribution is -0.910. The Labute approximate surface area is 189 Å². The third kappa shape index (κ3) is 4.78. The predicted molar refractivity (Wildman–Crippen MR) is 121 cm³/mol. The van der Waals surface area contributed by atoms with Gasteiger partial charge < -0.3 is 15.5 Å². The molecule has 5 N–H and O–H groups in total. The number of aliphatic hydroxyl groups excluding tert-OH is 1. The van der Waals surface area contributed by atoms with E-state index in [0.717, 1.165) is 6.20 Å². The third-order valence-electron chi connectivity index (χ3n) is 4.94. The van der Waals surface area contributed by atoms with Crippen LogP contribution >= 0.6 is 0 Å². The largest absolute Gasteiger partial charge is 0.508 e. The number of pyridine rings is 1. The summed E-state index contributed by atoms with van der Waals surface area (Å²) in [6.45, 7) is 1.51. The first-order chi connectivity index (χ1) is 15.8. The fourth-order valence-electron chi connectivity index (χ4n) is 3.19. The molecular weight excluding hydrogens is 446 g/mol. The second kappa shape index (κ2) is 8.88. The SMILES string of the molecule is Cc1ccc(S(=O)(=O)Nc2nc3ccccc3nc2Nc2cc(O)ccc2CCO)c[n+]1O. The highest BCUT2D eigenvalue weighted by Gasteiger charge is 2.23. The Hall–Kier alpha value is -3.96. The van der Waals surface area contributed by atoms with E-state index in [1.807, 2.05) is 0 Å². The first-order valence-electron chi connectivity index (χ1n) is 9.98. The van der Waals surface area contributed by atoms with Crippen LogP contribution in [0.1, 0.15) is 11.3 Å². The van der Waals surface area contributed by atoms with Crippen molar-refractivity contribution in [1.82, 2.24) is 9.97 Å². The molecule has 4 rings (SSSR count). The zero-order valence-electron chi connectivity index (χ0n) is 17.6. The molecule has 33 heavy (non-hydrogen) atoms. The molecule has 0 unspecified atom stereocenters. The molecule has 0 bridgehead atoms. The summed E-state index contributed by atoms with van der Waals surface area (Å²) in [4.78, 5) is 8.76. The number of sulfonamides is 1. The number of fused-ring (bicyclic) bond motifs is 1. The molecule has 0 atom stereocenters. The number of hydrogen-bond acceptors (Lipinski definition) is 8. The Balaban J connectivity index is 1.80. The van der Waals surface area contributed by atoms with E-state index in [9.17, 15) is 23.8 Å². The van der Waals surface area contributed by atoms with Crippen molar-refractivity contribution in [1.29, 1.82) is 0 Å². The number of hydrogen-bond donors (Lipinski definition) is 5. The van der Waals surface area contributed by atoms with Crippen LogP contribution in [0.25, 0.3) is 11.0 Å². The highest BCUT2D eigenvalue weighted by molar-refractivity contribution is 7.92. The molecule has 2 aromatic carbocycles. The van der Waals surface area contributed by atoms with Gasteiger partial charge in [-0.15, -0.1) is 0 Å². The summed E-state index contributed by atoms with van der Waals surface area (Å²) in [5.41, 5.74) is 2.59. The molecule has 170 valence electrons. The van der Waals surface area contributed by atoms with Crippen LogP contribution in [0, 0.1) is 6.92 Å². The summed E-state index contributed by atoms with van der Waals surface area (Å²) in [5, 5.41) is 32.2. The molecule has 4 aromatic rings. The Bertz CT molecular complexity index is 1440. The van der Waals surface area contributed by atoms with E-state index in [4.69, 9.17) is 0 Å². The van der Waals surface area contributed by atoms with E-state index in [1.165, 1.54) is 24.3 Å². The van der Waals surface area contributed by atoms with Crippen molar-refractivity contribution in [2.45, 2.75) is 18.2 Å². The van der Waals surface area contributed by atoms with Crippen LogP contribution < -0.4 is 14.8 Å². The van der Waals surface area contributed by atoms with Gasteiger partial charge in [-0.2, -0.15) is 0 Å². The van der Waals surface area contributed by atoms with E-state index in [1.54, 1.807) is 37.3 Å². The summed E-state index contributed by atoms with van der Waals surface area (Å²) in [6, 6.07) is 14.4. The van der Waals surface area contributed by atoms with Crippen molar-refractivity contribution >= 4 is 38.4 Å². The Morgan fingerprint density at radius 2 is 1.70 bits per heavy atom. The monoisotopic (exact) mass is 468 g/mol. The zero-order valence-corrected chi connectivity index (χ0v) is 18.4. The third-order valence-corrected chi connectivity index (χ3v) is 6.26. The molecule has 11 heteroatoms. The molecule has 0 amide bonds. The van der Waals surface area contributed by atoms with Gasteiger partial charge >= 0.3 is 0 Å². The number of benzene rings is 2. The number of rotatable bonds is 7. The predicted octanol–water partition coefficient (Wildman–Crippen LogP) is 2.25. The maximum absolute atomic E-state index is 13.0. The van der Waals surface area contributed by atoms with Crippen LogP contribution in [-0.4, -0.2) is 40.4 Å². The number of nitrogens with one attached hydrogen (secondary N) is 2. The van der Waals surface area contributed by atoms with Crippen LogP contribution in [0.15, 0.2) is 65.7 Å². The van der Waals surface area contributed by atoms with Gasteiger partial charge in [0.2, 0.25) is 11.9 Å². The van der Waals surface area contributed by atoms with Gasteiger partial charge in [0.05, 0.1) is 11.0 Å². The minimum absolute atomic E-state index is 0.0118. The van der Waals surface area contributed by atoms with Crippen molar-refractivity contribution in [2.24, 2.45) is 0 Å². The van der Waals surface area contributed by atoms with Gasteiger partial charge in [0.15, 0.2) is 16.5 Å². The van der Waals surface area contributed by atoms with Crippen LogP contribution in [0.4, 0.5) is 17.3 Å². The van der Waals surface area contributed by atoms with Crippen molar-refractivity contribution in [3.8, 4) is 5.75 Å². The second-order valence-corrected chi connectivity index (χ2v) is 8.99. The number of aryl methyl sites for hydroxylation is 1. The summed E-state index contributed by atoms with van der Waals surface area (Å²) in [6.07, 6.45) is 1.39. The average molecular weight is 469 g/mol. The number of nitrogens with zero attached hydrogens (tertiary/aromatic N) is 3. The molecule has 0 aliphatic carbocycles. The average Bonchev–Trinajstić information content (AvgIpc) is 2.77. The molecule has 0 aliphatic rings. The molecule has 0 saturated heterocycles. The molecule has 0 aliphatic heterocycles. The standard InChI is InChI=1S/C22H21N5O5S/c1-14-6-9-17(13-27(14)30)33(31,32)26-22-21(23-18-4-2-3-5-19(18)24-22)25-20-12-16(29)8-7-15(20)10-11-28/h2-9,12-13,28H,10-11H2,1H3,(H3-,23,24,25,26,29,30)/p+1. The van der Waals surface area contributed by atoms with Crippen molar-refractivity contribution in [2.75, 3.05) is 16.6 Å². The minimum atomic E-state index is -4.13. The number of phenols is 1. The quantitative estimate of drug-likeness (QED) is 0.205. The van der Waals surface area contributed by atoms with Gasteiger partial charge in [-0.3, -0.25) is 9.93 Å². The Morgan fingerprint density at radius 3 is 2.36 bits per heavy atom. The summed E-state index contributed by atoms with van der Waals surface area (Å²) in [7, 11) is -4.13. The van der Waals surface area contributed by atoms with Crippen LogP contribution in [0.2, 0.25) is 0 Å². The molecular formula is C22H22N5O5S+. The number of aliphatic hydroxyl groups is 1. The molecule has 10 nitrogen and oxygen atoms in total. The Morgan fingerprint density at radius 1 is 1.00 bits per heavy atom. The zero-order chi connectivity index (χ0) is 23.6. The maximum Gasteiger partial charge on any atom is 0.269 e. The maximum atomic E-state index is 13.0. The summed E-state index contributed by atoms with van der Waals surface area (Å²) >= 11 is 0. The highest BCUT2D eigenvalue weighted by Crippen LogP contribution is 2.30. The van der Waals surface area contributed by atoms with Gasteiger partial charge in [0.25, 0.3) is 10.0 Å². The second-order valence-electron chi connectivity index (χ2n) is 7.31. The van der Waals surface area contributed by atoms with Crippen LogP contribution in [0.3, 0.4) is 0 Å². The molecule has 0 fully saturated rings. The van der Waals surface area contributed by atoms with E-state index in [-0.39, 0.29) is 28.9 Å². The fourth-order valence-corrected chi connectivity index (χ4v) is 4.20. The molecule has 0 spiro atoms. The van der Waals surface area contributed by atoms with Crippen LogP contribution in [-0.2, 0) is 16.4 Å². The lowest BCUT2D eigenvalue weighted by Gasteiger charge is -2.16. The van der Waals surface area contributed by atoms with Gasteiger partial charge in [0.1, 0.15) is 5.75 Å². The molecule has 0 radical (unpaired) electrons. The Kier molecular flexibility index (Phi) is 5.99. The van der Waals surface area contributed by atoms with Crippen LogP contribution in [0.5, 0.6) is 5.75 Å². The normalized spacial score (nSPS) is 11.5. The van der Waals surface area contributed by atoms with E-state index < -0.39 is 10.0 Å². The fraction of sp³-hybridized carbons (Fsp3) is 0.136. The van der Waals surface area contributed by atoms with Gasteiger partial charge in [-0.05, 0) is 36.2 Å². The minimum Gasteiger partial charge on any atom is -0.508 e. The number of phenolic OH excluding ortho intramolecular Hbond substituents is 1. The smallest absolute Gasteiger partial charge is 0.269 e. The topological polar surface area (TPSA) is 149 Å². The lowest BCUT2D eigenvalue weighted by atomic mass is 10.1. The molecule has 2 heterocycles. The van der Waals surface area contributed by atoms with E-state index >= 15 is 0 Å². The van der Waals surface area contributed by atoms with Gasteiger partial charge in [-0.1, -0.05) is 18.2 Å². The number of anilines is 3. The van der Waals surface area contributed by atoms with Gasteiger partial charge in [-0.25, -0.2) is 18.4 Å². The van der Waals surface area contributed by atoms with E-state index in [0.29, 0.717) is 39.1 Å². The van der Waals surface area contributed by atoms with Gasteiger partial charge in [0, 0.05) is 36.1 Å². The number of aromatic nitrogens is 3. The lowest BCUT2D eigenvalue weighted by Crippen LogP contribution is -2.34. The highest BCUT2D eigenvalue weighted by atomic mass is 32.2. The summed E-state index contributed by atoms with van der Waals surface area (Å²) in [5.74, 6) is 0.0188. The first-order valence-corrected chi connectivity index (χ1v) is 11.5. The van der Waals surface area contributed by atoms with Crippen molar-refractivity contribution < 1.29 is 28.6 Å². The molecule has 2 aromatic heterocycles. The summed E-state index contributed by atoms with van der Waals surface area (Å²) < 4.78 is 29.2. The molecule has 0 saturated carbocycles. The van der Waals surface area contributed by atoms with E-state index in [2.05, 4.69) is 20.0 Å².